The number of likely N-dealkylation sites (tertiary alicyclic amines) is 1. The van der Waals surface area contributed by atoms with Gasteiger partial charge in [0.05, 0.1) is 5.56 Å². The second-order valence-electron chi connectivity index (χ2n) is 6.74. The summed E-state index contributed by atoms with van der Waals surface area (Å²) < 4.78 is 51.5. The maximum atomic E-state index is 13.3. The Morgan fingerprint density at radius 1 is 1.24 bits per heavy atom. The van der Waals surface area contributed by atoms with Gasteiger partial charge in [0, 0.05) is 25.1 Å². The first-order valence-electron chi connectivity index (χ1n) is 8.86. The molecule has 1 saturated heterocycles. The summed E-state index contributed by atoms with van der Waals surface area (Å²) in [6.07, 6.45) is -1.89. The van der Waals surface area contributed by atoms with Gasteiger partial charge in [0.2, 0.25) is 11.8 Å². The molecule has 29 heavy (non-hydrogen) atoms. The molecule has 1 unspecified atom stereocenters. The Kier molecular flexibility index (Phi) is 6.99. The van der Waals surface area contributed by atoms with Gasteiger partial charge in [-0.25, -0.2) is 4.39 Å². The molecule has 1 atom stereocenters. The molecule has 0 bridgehead atoms. The zero-order valence-electron chi connectivity index (χ0n) is 15.5. The number of hydrogen-bond donors (Lipinski definition) is 2. The highest BCUT2D eigenvalue weighted by Crippen LogP contribution is 2.32. The smallest absolute Gasteiger partial charge is 0.419 e. The highest BCUT2D eigenvalue weighted by molar-refractivity contribution is 5.92. The van der Waals surface area contributed by atoms with E-state index in [0.29, 0.717) is 25.0 Å². The van der Waals surface area contributed by atoms with Crippen LogP contribution in [0.2, 0.25) is 0 Å². The Bertz CT molecular complexity index is 815. The van der Waals surface area contributed by atoms with Crippen molar-refractivity contribution in [2.45, 2.75) is 32.0 Å². The Balaban J connectivity index is 1.93. The molecule has 1 fully saturated rings. The van der Waals surface area contributed by atoms with E-state index in [1.54, 1.807) is 0 Å². The lowest BCUT2D eigenvalue weighted by atomic mass is 9.95. The molecular weight excluding hydrogens is 396 g/mol. The SMILES string of the molecule is CC(NC(=O)C1CCN(C(=O)/C=C/c2ccc(F)c(C(F)(F)F)c2)CC1)C(=O)O. The van der Waals surface area contributed by atoms with Crippen molar-refractivity contribution in [1.82, 2.24) is 10.2 Å². The summed E-state index contributed by atoms with van der Waals surface area (Å²) in [5.74, 6) is -3.80. The molecule has 158 valence electrons. The molecule has 1 aromatic rings. The standard InChI is InChI=1S/C19H20F4N2O4/c1-11(18(28)29)24-17(27)13-6-8-25(9-7-13)16(26)5-3-12-2-4-15(20)14(10-12)19(21,22)23/h2-5,10-11,13H,6-9H2,1H3,(H,24,27)(H,28,29)/b5-3+. The molecule has 2 amide bonds. The van der Waals surface area contributed by atoms with Gasteiger partial charge in [-0.3, -0.25) is 14.4 Å². The van der Waals surface area contributed by atoms with Gasteiger partial charge in [-0.1, -0.05) is 6.07 Å². The molecule has 1 aliphatic rings. The number of aliphatic carboxylic acids is 1. The van der Waals surface area contributed by atoms with Gasteiger partial charge in [0.15, 0.2) is 0 Å². The Hall–Kier alpha value is -2.91. The van der Waals surface area contributed by atoms with Crippen molar-refractivity contribution >= 4 is 23.9 Å². The van der Waals surface area contributed by atoms with E-state index >= 15 is 0 Å². The van der Waals surface area contributed by atoms with Crippen molar-refractivity contribution in [3.63, 3.8) is 0 Å². The largest absolute Gasteiger partial charge is 0.480 e. The maximum Gasteiger partial charge on any atom is 0.419 e. The molecule has 0 aliphatic carbocycles. The zero-order valence-corrected chi connectivity index (χ0v) is 15.5. The van der Waals surface area contributed by atoms with Crippen LogP contribution in [0.5, 0.6) is 0 Å². The van der Waals surface area contributed by atoms with Crippen molar-refractivity contribution in [2.75, 3.05) is 13.1 Å². The molecule has 0 saturated carbocycles. The van der Waals surface area contributed by atoms with Crippen LogP contribution in [-0.2, 0) is 20.6 Å². The molecule has 0 aromatic heterocycles. The summed E-state index contributed by atoms with van der Waals surface area (Å²) in [6, 6.07) is 1.44. The van der Waals surface area contributed by atoms with E-state index in [-0.39, 0.29) is 18.7 Å². The number of alkyl halides is 3. The number of piperidine rings is 1. The highest BCUT2D eigenvalue weighted by Gasteiger charge is 2.34. The van der Waals surface area contributed by atoms with E-state index in [0.717, 1.165) is 12.1 Å². The first-order chi connectivity index (χ1) is 13.5. The number of hydrogen-bond acceptors (Lipinski definition) is 3. The fourth-order valence-electron chi connectivity index (χ4n) is 2.89. The van der Waals surface area contributed by atoms with Crippen LogP contribution in [0.4, 0.5) is 17.6 Å². The minimum Gasteiger partial charge on any atom is -0.480 e. The van der Waals surface area contributed by atoms with Crippen LogP contribution in [-0.4, -0.2) is 46.9 Å². The van der Waals surface area contributed by atoms with Crippen molar-refractivity contribution < 1.29 is 37.1 Å². The number of carboxylic acids is 1. The summed E-state index contributed by atoms with van der Waals surface area (Å²) >= 11 is 0. The van der Waals surface area contributed by atoms with Crippen molar-refractivity contribution in [1.29, 1.82) is 0 Å². The van der Waals surface area contributed by atoms with Crippen LogP contribution in [0, 0.1) is 11.7 Å². The first-order valence-corrected chi connectivity index (χ1v) is 8.86. The molecule has 1 aromatic carbocycles. The molecule has 1 heterocycles. The number of carboxylic acid groups (broad SMARTS) is 1. The summed E-state index contributed by atoms with van der Waals surface area (Å²) in [5.41, 5.74) is -1.38. The van der Waals surface area contributed by atoms with Gasteiger partial charge in [-0.15, -0.1) is 0 Å². The molecule has 0 spiro atoms. The van der Waals surface area contributed by atoms with E-state index in [9.17, 15) is 31.9 Å². The molecule has 1 aliphatic heterocycles. The minimum absolute atomic E-state index is 0.0315. The number of nitrogens with zero attached hydrogens (tertiary/aromatic N) is 1. The van der Waals surface area contributed by atoms with E-state index < -0.39 is 47.3 Å². The average molecular weight is 416 g/mol. The topological polar surface area (TPSA) is 86.7 Å². The molecule has 2 rings (SSSR count). The monoisotopic (exact) mass is 416 g/mol. The molecule has 2 N–H and O–H groups in total. The minimum atomic E-state index is -4.83. The number of halogens is 4. The Morgan fingerprint density at radius 3 is 2.41 bits per heavy atom. The number of amides is 2. The van der Waals surface area contributed by atoms with E-state index in [1.165, 1.54) is 17.9 Å². The van der Waals surface area contributed by atoms with Crippen LogP contribution in [0.1, 0.15) is 30.9 Å². The lowest BCUT2D eigenvalue weighted by Crippen LogP contribution is -2.46. The van der Waals surface area contributed by atoms with Gasteiger partial charge < -0.3 is 15.3 Å². The Labute approximate surface area is 164 Å². The van der Waals surface area contributed by atoms with Crippen molar-refractivity contribution in [2.24, 2.45) is 5.92 Å². The van der Waals surface area contributed by atoms with Crippen molar-refractivity contribution in [3.8, 4) is 0 Å². The van der Waals surface area contributed by atoms with Gasteiger partial charge in [-0.2, -0.15) is 13.2 Å². The lowest BCUT2D eigenvalue weighted by molar-refractivity contribution is -0.142. The quantitative estimate of drug-likeness (QED) is 0.571. The van der Waals surface area contributed by atoms with E-state index in [2.05, 4.69) is 5.32 Å². The summed E-state index contributed by atoms with van der Waals surface area (Å²) in [7, 11) is 0. The molecular formula is C19H20F4N2O4. The van der Waals surface area contributed by atoms with Crippen LogP contribution < -0.4 is 5.32 Å². The first kappa shape index (κ1) is 22.4. The fourth-order valence-corrected chi connectivity index (χ4v) is 2.89. The third-order valence-corrected chi connectivity index (χ3v) is 4.62. The Morgan fingerprint density at radius 2 is 1.86 bits per heavy atom. The van der Waals surface area contributed by atoms with Gasteiger partial charge in [-0.05, 0) is 43.5 Å². The number of carbonyl (C=O) groups is 3. The van der Waals surface area contributed by atoms with Gasteiger partial charge in [0.1, 0.15) is 11.9 Å². The fraction of sp³-hybridized carbons (Fsp3) is 0.421. The highest BCUT2D eigenvalue weighted by atomic mass is 19.4. The molecule has 6 nitrogen and oxygen atoms in total. The number of carbonyl (C=O) groups excluding carboxylic acids is 2. The zero-order chi connectivity index (χ0) is 21.8. The van der Waals surface area contributed by atoms with E-state index in [1.807, 2.05) is 0 Å². The van der Waals surface area contributed by atoms with Crippen LogP contribution in [0.3, 0.4) is 0 Å². The van der Waals surface area contributed by atoms with Crippen LogP contribution in [0.25, 0.3) is 6.08 Å². The average Bonchev–Trinajstić information content (AvgIpc) is 2.66. The lowest BCUT2D eigenvalue weighted by Gasteiger charge is -2.31. The summed E-state index contributed by atoms with van der Waals surface area (Å²) in [5, 5.41) is 11.2. The number of benzene rings is 1. The van der Waals surface area contributed by atoms with Gasteiger partial charge >= 0.3 is 12.1 Å². The number of rotatable bonds is 5. The van der Waals surface area contributed by atoms with Crippen LogP contribution >= 0.6 is 0 Å². The second kappa shape index (κ2) is 9.06. The third-order valence-electron chi connectivity index (χ3n) is 4.62. The predicted octanol–water partition coefficient (Wildman–Crippen LogP) is 2.69. The number of nitrogens with one attached hydrogen (secondary N) is 1. The normalized spacial score (nSPS) is 16.7. The molecule has 10 heteroatoms. The van der Waals surface area contributed by atoms with Gasteiger partial charge in [0.25, 0.3) is 0 Å². The second-order valence-corrected chi connectivity index (χ2v) is 6.74. The van der Waals surface area contributed by atoms with Crippen molar-refractivity contribution in [3.05, 3.63) is 41.2 Å². The predicted molar refractivity (Wildman–Crippen MR) is 95.0 cm³/mol. The summed E-state index contributed by atoms with van der Waals surface area (Å²) in [4.78, 5) is 36.5. The van der Waals surface area contributed by atoms with E-state index in [4.69, 9.17) is 5.11 Å². The van der Waals surface area contributed by atoms with Crippen LogP contribution in [0.15, 0.2) is 24.3 Å². The molecule has 0 radical (unpaired) electrons. The summed E-state index contributed by atoms with van der Waals surface area (Å²) in [6.45, 7) is 1.85. The third kappa shape index (κ3) is 6.03. The maximum absolute atomic E-state index is 13.3.